The zero-order valence-corrected chi connectivity index (χ0v) is 12.6. The Labute approximate surface area is 126 Å². The van der Waals surface area contributed by atoms with E-state index in [-0.39, 0.29) is 5.92 Å². The van der Waals surface area contributed by atoms with Gasteiger partial charge in [0.05, 0.1) is 10.9 Å². The number of benzene rings is 1. The van der Waals surface area contributed by atoms with Crippen molar-refractivity contribution >= 4 is 39.0 Å². The third kappa shape index (κ3) is 2.68. The van der Waals surface area contributed by atoms with Crippen molar-refractivity contribution in [2.24, 2.45) is 5.92 Å². The average molecular weight is 310 g/mol. The summed E-state index contributed by atoms with van der Waals surface area (Å²) in [6.07, 6.45) is 1.73. The molecule has 0 unspecified atom stereocenters. The van der Waals surface area contributed by atoms with Crippen LogP contribution in [0.1, 0.15) is 17.7 Å². The van der Waals surface area contributed by atoms with Gasteiger partial charge in [0.25, 0.3) is 0 Å². The maximum Gasteiger partial charge on any atom is 0.307 e. The van der Waals surface area contributed by atoms with Gasteiger partial charge >= 0.3 is 5.97 Å². The number of carbonyl (C=O) groups is 1. The fourth-order valence-electron chi connectivity index (χ4n) is 2.77. The molecule has 0 spiro atoms. The second-order valence-corrected chi connectivity index (χ2v) is 6.76. The third-order valence-corrected chi connectivity index (χ3v) is 5.52. The minimum absolute atomic E-state index is 0.239. The van der Waals surface area contributed by atoms with Crippen LogP contribution in [-0.2, 0) is 11.3 Å². The molecule has 1 aliphatic rings. The molecule has 1 aliphatic heterocycles. The van der Waals surface area contributed by atoms with E-state index in [1.807, 2.05) is 18.2 Å². The number of likely N-dealkylation sites (tertiary alicyclic amines) is 1. The molecule has 5 heteroatoms. The molecule has 20 heavy (non-hydrogen) atoms. The number of carboxylic acid groups (broad SMARTS) is 1. The van der Waals surface area contributed by atoms with Crippen LogP contribution in [0.2, 0.25) is 5.02 Å². The van der Waals surface area contributed by atoms with Crippen LogP contribution >= 0.6 is 22.9 Å². The molecule has 1 N–H and O–H groups in total. The minimum atomic E-state index is -0.683. The van der Waals surface area contributed by atoms with Crippen molar-refractivity contribution < 1.29 is 9.90 Å². The predicted octanol–water partition coefficient (Wildman–Crippen LogP) is 3.85. The van der Waals surface area contributed by atoms with Gasteiger partial charge in [-0.05, 0) is 25.5 Å². The molecule has 0 saturated carbocycles. The second-order valence-electron chi connectivity index (χ2n) is 5.25. The first-order valence-corrected chi connectivity index (χ1v) is 7.95. The summed E-state index contributed by atoms with van der Waals surface area (Å²) in [6.45, 7) is 2.33. The molecule has 1 fully saturated rings. The van der Waals surface area contributed by atoms with Crippen LogP contribution in [-0.4, -0.2) is 29.1 Å². The van der Waals surface area contributed by atoms with Crippen LogP contribution in [0, 0.1) is 5.92 Å². The van der Waals surface area contributed by atoms with Crippen molar-refractivity contribution in [3.05, 3.63) is 34.2 Å². The number of fused-ring (bicyclic) bond motifs is 1. The van der Waals surface area contributed by atoms with Gasteiger partial charge in [-0.15, -0.1) is 11.3 Å². The summed E-state index contributed by atoms with van der Waals surface area (Å²) in [6, 6.07) is 8.12. The second kappa shape index (κ2) is 5.72. The first-order valence-electron chi connectivity index (χ1n) is 6.76. The minimum Gasteiger partial charge on any atom is -0.481 e. The summed E-state index contributed by atoms with van der Waals surface area (Å²) in [5, 5.41) is 11.1. The molecule has 2 heterocycles. The maximum absolute atomic E-state index is 11.1. The van der Waals surface area contributed by atoms with Crippen molar-refractivity contribution in [1.29, 1.82) is 0 Å². The number of nitrogens with zero attached hydrogens (tertiary/aromatic N) is 1. The molecule has 2 aromatic rings. The van der Waals surface area contributed by atoms with Crippen LogP contribution in [0.25, 0.3) is 10.1 Å². The molecule has 0 bridgehead atoms. The lowest BCUT2D eigenvalue weighted by Crippen LogP contribution is -2.38. The fourth-order valence-corrected chi connectivity index (χ4v) is 4.31. The number of thiophene rings is 1. The lowest BCUT2D eigenvalue weighted by Gasteiger charge is -2.30. The van der Waals surface area contributed by atoms with Gasteiger partial charge in [-0.3, -0.25) is 9.69 Å². The highest BCUT2D eigenvalue weighted by molar-refractivity contribution is 7.19. The molecule has 0 aliphatic carbocycles. The molecular weight excluding hydrogens is 294 g/mol. The van der Waals surface area contributed by atoms with E-state index in [4.69, 9.17) is 16.7 Å². The SMILES string of the molecule is O=C(O)[C@H]1CCCN(Cc2sc3ccccc3c2Cl)C1. The van der Waals surface area contributed by atoms with Gasteiger partial charge in [-0.2, -0.15) is 0 Å². The lowest BCUT2D eigenvalue weighted by molar-refractivity contribution is -0.143. The maximum atomic E-state index is 11.1. The van der Waals surface area contributed by atoms with Crippen molar-refractivity contribution in [3.63, 3.8) is 0 Å². The third-order valence-electron chi connectivity index (χ3n) is 3.82. The lowest BCUT2D eigenvalue weighted by atomic mass is 9.98. The van der Waals surface area contributed by atoms with Crippen molar-refractivity contribution in [2.45, 2.75) is 19.4 Å². The van der Waals surface area contributed by atoms with E-state index in [0.29, 0.717) is 6.54 Å². The number of carboxylic acids is 1. The van der Waals surface area contributed by atoms with Crippen LogP contribution in [0.4, 0.5) is 0 Å². The Hall–Kier alpha value is -1.10. The summed E-state index contributed by atoms with van der Waals surface area (Å²) in [5.41, 5.74) is 0. The number of halogens is 1. The quantitative estimate of drug-likeness (QED) is 0.936. The van der Waals surface area contributed by atoms with Gasteiger partial charge < -0.3 is 5.11 Å². The summed E-state index contributed by atoms with van der Waals surface area (Å²) in [5.74, 6) is -0.922. The summed E-state index contributed by atoms with van der Waals surface area (Å²) in [7, 11) is 0. The van der Waals surface area contributed by atoms with Gasteiger partial charge in [0.1, 0.15) is 0 Å². The molecule has 1 aromatic carbocycles. The van der Waals surface area contributed by atoms with Gasteiger partial charge in [-0.1, -0.05) is 29.8 Å². The highest BCUT2D eigenvalue weighted by atomic mass is 35.5. The Kier molecular flexibility index (Phi) is 3.96. The standard InChI is InChI=1S/C15H16ClNO2S/c16-14-11-5-1-2-6-12(11)20-13(14)9-17-7-3-4-10(8-17)15(18)19/h1-2,5-6,10H,3-4,7-9H2,(H,18,19)/t10-/m0/s1. The summed E-state index contributed by atoms with van der Waals surface area (Å²) in [4.78, 5) is 14.5. The molecule has 1 saturated heterocycles. The first kappa shape index (κ1) is 13.9. The molecule has 1 aromatic heterocycles. The van der Waals surface area contributed by atoms with E-state index in [9.17, 15) is 4.79 Å². The van der Waals surface area contributed by atoms with E-state index < -0.39 is 5.97 Å². The number of rotatable bonds is 3. The van der Waals surface area contributed by atoms with E-state index in [0.717, 1.165) is 41.2 Å². The van der Waals surface area contributed by atoms with Gasteiger partial charge in [0.2, 0.25) is 0 Å². The highest BCUT2D eigenvalue weighted by Crippen LogP contribution is 2.36. The Morgan fingerprint density at radius 2 is 2.25 bits per heavy atom. The van der Waals surface area contributed by atoms with Crippen LogP contribution in [0.5, 0.6) is 0 Å². The Morgan fingerprint density at radius 3 is 3.00 bits per heavy atom. The number of hydrogen-bond acceptors (Lipinski definition) is 3. The summed E-state index contributed by atoms with van der Waals surface area (Å²) < 4.78 is 1.19. The topological polar surface area (TPSA) is 40.5 Å². The Morgan fingerprint density at radius 1 is 1.45 bits per heavy atom. The molecule has 1 atom stereocenters. The van der Waals surface area contributed by atoms with Crippen molar-refractivity contribution in [2.75, 3.05) is 13.1 Å². The molecule has 106 valence electrons. The van der Waals surface area contributed by atoms with Crippen LogP contribution in [0.3, 0.4) is 0 Å². The van der Waals surface area contributed by atoms with Gasteiger partial charge in [0.15, 0.2) is 0 Å². The van der Waals surface area contributed by atoms with Gasteiger partial charge in [0, 0.05) is 28.1 Å². The van der Waals surface area contributed by atoms with E-state index >= 15 is 0 Å². The average Bonchev–Trinajstić information content (AvgIpc) is 2.76. The smallest absolute Gasteiger partial charge is 0.307 e. The zero-order valence-electron chi connectivity index (χ0n) is 11.0. The Balaban J connectivity index is 1.79. The van der Waals surface area contributed by atoms with Crippen LogP contribution in [0.15, 0.2) is 24.3 Å². The normalized spacial score (nSPS) is 20.4. The molecular formula is C15H16ClNO2S. The fraction of sp³-hybridized carbons (Fsp3) is 0.400. The molecule has 3 nitrogen and oxygen atoms in total. The van der Waals surface area contributed by atoms with Crippen molar-refractivity contribution in [3.8, 4) is 0 Å². The highest BCUT2D eigenvalue weighted by Gasteiger charge is 2.26. The van der Waals surface area contributed by atoms with Crippen LogP contribution < -0.4 is 0 Å². The number of aliphatic carboxylic acids is 1. The van der Waals surface area contributed by atoms with Gasteiger partial charge in [-0.25, -0.2) is 0 Å². The molecule has 0 radical (unpaired) electrons. The summed E-state index contributed by atoms with van der Waals surface area (Å²) >= 11 is 8.15. The van der Waals surface area contributed by atoms with Crippen molar-refractivity contribution in [1.82, 2.24) is 4.90 Å². The molecule has 0 amide bonds. The van der Waals surface area contributed by atoms with E-state index in [1.165, 1.54) is 4.70 Å². The molecule has 3 rings (SSSR count). The first-order chi connectivity index (χ1) is 9.65. The number of hydrogen-bond donors (Lipinski definition) is 1. The number of piperidine rings is 1. The largest absolute Gasteiger partial charge is 0.481 e. The monoisotopic (exact) mass is 309 g/mol. The Bertz CT molecular complexity index is 640. The zero-order chi connectivity index (χ0) is 14.1. The predicted molar refractivity (Wildman–Crippen MR) is 82.5 cm³/mol. The van der Waals surface area contributed by atoms with E-state index in [2.05, 4.69) is 11.0 Å². The van der Waals surface area contributed by atoms with E-state index in [1.54, 1.807) is 11.3 Å².